The molecule has 0 bridgehead atoms. The molecule has 52 valence electrons. The van der Waals surface area contributed by atoms with Crippen LogP contribution in [0.4, 0.5) is 0 Å². The van der Waals surface area contributed by atoms with E-state index in [-0.39, 0.29) is 12.4 Å². The minimum Gasteiger partial charge on any atom is -0.386 e. The largest absolute Gasteiger partial charge is 0.386 e. The Balaban J connectivity index is 2.02. The lowest BCUT2D eigenvalue weighted by molar-refractivity contribution is 0.0437. The summed E-state index contributed by atoms with van der Waals surface area (Å²) in [5.41, 5.74) is -0.853. The molecule has 0 spiro atoms. The summed E-state index contributed by atoms with van der Waals surface area (Å²) >= 11 is 0.856. The van der Waals surface area contributed by atoms with Crippen LogP contribution >= 0.6 is 12.0 Å². The van der Waals surface area contributed by atoms with Crippen molar-refractivity contribution < 1.29 is 19.1 Å². The van der Waals surface area contributed by atoms with E-state index in [1.54, 1.807) is 0 Å². The maximum atomic E-state index is 9.01. The van der Waals surface area contributed by atoms with Crippen LogP contribution in [-0.2, 0) is 8.92 Å². The lowest BCUT2D eigenvalue weighted by atomic mass is 10.3. The van der Waals surface area contributed by atoms with Gasteiger partial charge in [-0.15, -0.1) is 0 Å². The number of aliphatic hydroxyl groups is 2. The number of epoxide rings is 1. The summed E-state index contributed by atoms with van der Waals surface area (Å²) in [6.07, 6.45) is -1.36. The number of hydrogen-bond donors (Lipinski definition) is 2. The van der Waals surface area contributed by atoms with Crippen LogP contribution in [0.5, 0.6) is 0 Å². The van der Waals surface area contributed by atoms with Crippen molar-refractivity contribution in [1.29, 1.82) is 0 Å². The van der Waals surface area contributed by atoms with Crippen LogP contribution < -0.4 is 0 Å². The van der Waals surface area contributed by atoms with Gasteiger partial charge in [0.1, 0.15) is 12.2 Å². The highest BCUT2D eigenvalue weighted by molar-refractivity contribution is 7.95. The summed E-state index contributed by atoms with van der Waals surface area (Å²) in [6, 6.07) is 0. The Morgan fingerprint density at radius 2 is 2.11 bits per heavy atom. The maximum absolute atomic E-state index is 9.01. The molecule has 2 aliphatic rings. The van der Waals surface area contributed by atoms with Crippen molar-refractivity contribution in [2.24, 2.45) is 0 Å². The third-order valence-electron chi connectivity index (χ3n) is 1.36. The number of rotatable bonds is 0. The molecule has 2 N–H and O–H groups in total. The molecule has 9 heavy (non-hydrogen) atoms. The number of ether oxygens (including phenoxy) is 1. The van der Waals surface area contributed by atoms with Gasteiger partial charge in [0.25, 0.3) is 0 Å². The molecule has 4 nitrogen and oxygen atoms in total. The summed E-state index contributed by atoms with van der Waals surface area (Å²) in [6.45, 7) is 0. The minimum atomic E-state index is -0.853. The molecule has 0 saturated carbocycles. The lowest BCUT2D eigenvalue weighted by Crippen LogP contribution is -2.33. The van der Waals surface area contributed by atoms with Gasteiger partial charge in [-0.25, -0.2) is 0 Å². The van der Waals surface area contributed by atoms with Gasteiger partial charge in [-0.1, -0.05) is 0 Å². The quantitative estimate of drug-likeness (QED) is 0.345. The van der Waals surface area contributed by atoms with E-state index < -0.39 is 11.5 Å². The average Bonchev–Trinajstić information content (AvgIpc) is 2.58. The molecule has 0 radical (unpaired) electrons. The molecule has 0 aliphatic carbocycles. The molecule has 0 aromatic rings. The highest BCUT2D eigenvalue weighted by Crippen LogP contribution is 2.39. The average molecular weight is 150 g/mol. The molecular weight excluding hydrogens is 144 g/mol. The van der Waals surface area contributed by atoms with Crippen LogP contribution in [0, 0.1) is 0 Å². The van der Waals surface area contributed by atoms with E-state index in [0.717, 1.165) is 12.0 Å². The summed E-state index contributed by atoms with van der Waals surface area (Å²) < 4.78 is 9.63. The molecule has 5 heteroatoms. The molecule has 0 aromatic carbocycles. The number of fused-ring (bicyclic) bond motifs is 1. The zero-order chi connectivity index (χ0) is 6.43. The van der Waals surface area contributed by atoms with E-state index in [4.69, 9.17) is 19.1 Å². The first-order valence-corrected chi connectivity index (χ1v) is 3.43. The Kier molecular flexibility index (Phi) is 1.21. The fourth-order valence-electron chi connectivity index (χ4n) is 0.759. The van der Waals surface area contributed by atoms with Crippen molar-refractivity contribution in [2.75, 3.05) is 0 Å². The van der Waals surface area contributed by atoms with Gasteiger partial charge in [0, 0.05) is 12.0 Å². The van der Waals surface area contributed by atoms with Gasteiger partial charge < -0.3 is 14.9 Å². The van der Waals surface area contributed by atoms with Crippen LogP contribution in [0.3, 0.4) is 0 Å². The first-order valence-electron chi connectivity index (χ1n) is 2.63. The van der Waals surface area contributed by atoms with Crippen LogP contribution in [0.1, 0.15) is 0 Å². The molecular formula is C4H6O4S. The van der Waals surface area contributed by atoms with Gasteiger partial charge in [-0.05, 0) is 0 Å². The Hall–Kier alpha value is 0.190. The minimum absolute atomic E-state index is 0.284. The van der Waals surface area contributed by atoms with E-state index in [2.05, 4.69) is 0 Å². The molecule has 2 saturated heterocycles. The monoisotopic (exact) mass is 150 g/mol. The van der Waals surface area contributed by atoms with Gasteiger partial charge in [0.05, 0.1) is 0 Å². The van der Waals surface area contributed by atoms with Gasteiger partial charge in [-0.2, -0.15) is 0 Å². The summed E-state index contributed by atoms with van der Waals surface area (Å²) in [5, 5.41) is 17.9. The Labute approximate surface area is 56.0 Å². The van der Waals surface area contributed by atoms with E-state index in [0.29, 0.717) is 0 Å². The fourth-order valence-corrected chi connectivity index (χ4v) is 1.41. The molecule has 0 amide bonds. The first-order chi connectivity index (χ1) is 4.29. The third kappa shape index (κ3) is 0.852. The highest BCUT2D eigenvalue weighted by Gasteiger charge is 2.53. The maximum Gasteiger partial charge on any atom is 0.200 e. The van der Waals surface area contributed by atoms with Gasteiger partial charge in [-0.3, -0.25) is 4.18 Å². The van der Waals surface area contributed by atoms with Crippen LogP contribution in [0.15, 0.2) is 0 Å². The van der Waals surface area contributed by atoms with Gasteiger partial charge >= 0.3 is 0 Å². The second kappa shape index (κ2) is 1.83. The van der Waals surface area contributed by atoms with E-state index in [9.17, 15) is 0 Å². The third-order valence-corrected chi connectivity index (χ3v) is 2.14. The molecule has 2 fully saturated rings. The van der Waals surface area contributed by atoms with E-state index in [1.807, 2.05) is 0 Å². The zero-order valence-corrected chi connectivity index (χ0v) is 5.25. The molecule has 2 rings (SSSR count). The second-order valence-electron chi connectivity index (χ2n) is 2.04. The van der Waals surface area contributed by atoms with Crippen molar-refractivity contribution in [3.05, 3.63) is 0 Å². The van der Waals surface area contributed by atoms with Gasteiger partial charge in [0.15, 0.2) is 11.7 Å². The molecule has 0 aromatic heterocycles. The SMILES string of the molecule is OC1SOC2O[C@@H]2C1O. The van der Waals surface area contributed by atoms with Crippen LogP contribution in [0.2, 0.25) is 0 Å². The lowest BCUT2D eigenvalue weighted by Gasteiger charge is -2.17. The van der Waals surface area contributed by atoms with Crippen molar-refractivity contribution >= 4 is 12.0 Å². The van der Waals surface area contributed by atoms with Crippen LogP contribution in [-0.4, -0.2) is 34.1 Å². The smallest absolute Gasteiger partial charge is 0.200 e. The fraction of sp³-hybridized carbons (Fsp3) is 1.00. The Bertz CT molecular complexity index is 128. The van der Waals surface area contributed by atoms with Crippen LogP contribution in [0.25, 0.3) is 0 Å². The Morgan fingerprint density at radius 1 is 1.33 bits per heavy atom. The predicted octanol–water partition coefficient (Wildman–Crippen LogP) is -0.931. The summed E-state index contributed by atoms with van der Waals surface area (Å²) in [7, 11) is 0. The van der Waals surface area contributed by atoms with E-state index in [1.165, 1.54) is 0 Å². The molecule has 4 atom stereocenters. The predicted molar refractivity (Wildman–Crippen MR) is 29.4 cm³/mol. The van der Waals surface area contributed by atoms with Gasteiger partial charge in [0.2, 0.25) is 0 Å². The van der Waals surface area contributed by atoms with Crippen molar-refractivity contribution in [3.8, 4) is 0 Å². The van der Waals surface area contributed by atoms with Crippen molar-refractivity contribution in [2.45, 2.75) is 23.9 Å². The second-order valence-corrected chi connectivity index (χ2v) is 2.91. The molecule has 2 aliphatic heterocycles. The standard InChI is InChI=1S/C4H6O4S/c5-1-2-4(7-2)8-9-3(1)6/h1-6H/t1?,2-,3?,4?/m1/s1. The number of aliphatic hydroxyl groups excluding tert-OH is 2. The first kappa shape index (κ1) is 5.94. The van der Waals surface area contributed by atoms with Crippen molar-refractivity contribution in [1.82, 2.24) is 0 Å². The highest BCUT2D eigenvalue weighted by atomic mass is 32.2. The van der Waals surface area contributed by atoms with E-state index >= 15 is 0 Å². The topological polar surface area (TPSA) is 62.2 Å². The number of hydrogen-bond acceptors (Lipinski definition) is 5. The molecule has 2 heterocycles. The zero-order valence-electron chi connectivity index (χ0n) is 4.43. The summed E-state index contributed by atoms with van der Waals surface area (Å²) in [4.78, 5) is 0. The summed E-state index contributed by atoms with van der Waals surface area (Å²) in [5.74, 6) is 0. The normalized spacial score (nSPS) is 56.7. The Morgan fingerprint density at radius 3 is 2.78 bits per heavy atom. The molecule has 3 unspecified atom stereocenters. The van der Waals surface area contributed by atoms with Crippen molar-refractivity contribution in [3.63, 3.8) is 0 Å².